The maximum Gasteiger partial charge on any atom is 0.410 e. The molecule has 2 aromatic carbocycles. The Morgan fingerprint density at radius 3 is 2.48 bits per heavy atom. The Bertz CT molecular complexity index is 1070. The normalized spacial score (nSPS) is 15.3. The third kappa shape index (κ3) is 5.13. The lowest BCUT2D eigenvalue weighted by Gasteiger charge is -2.33. The van der Waals surface area contributed by atoms with Gasteiger partial charge in [0.15, 0.2) is 0 Å². The molecular weight excluding hydrogens is 414 g/mol. The number of para-hydroxylation sites is 2. The quantitative estimate of drug-likeness (QED) is 0.535. The number of benzene rings is 2. The highest BCUT2D eigenvalue weighted by Gasteiger charge is 2.28. The van der Waals surface area contributed by atoms with Crippen molar-refractivity contribution in [1.29, 1.82) is 0 Å². The molecule has 164 valence electrons. The zero-order valence-electron chi connectivity index (χ0n) is 18.2. The number of imidazole rings is 1. The van der Waals surface area contributed by atoms with Crippen LogP contribution in [-0.2, 0) is 11.3 Å². The van der Waals surface area contributed by atoms with Gasteiger partial charge in [-0.15, -0.1) is 0 Å². The van der Waals surface area contributed by atoms with E-state index in [4.69, 9.17) is 26.1 Å². The van der Waals surface area contributed by atoms with Crippen LogP contribution in [0.25, 0.3) is 11.0 Å². The van der Waals surface area contributed by atoms with Crippen LogP contribution in [0, 0.1) is 0 Å². The maximum atomic E-state index is 12.3. The molecule has 0 unspecified atom stereocenters. The van der Waals surface area contributed by atoms with Crippen molar-refractivity contribution in [3.05, 3.63) is 59.1 Å². The molecule has 4 rings (SSSR count). The number of rotatable bonds is 4. The van der Waals surface area contributed by atoms with Gasteiger partial charge in [-0.05, 0) is 44.5 Å². The fraction of sp³-hybridized carbons (Fsp3) is 0.417. The highest BCUT2D eigenvalue weighted by atomic mass is 35.5. The van der Waals surface area contributed by atoms with E-state index in [2.05, 4.69) is 4.57 Å². The second kappa shape index (κ2) is 8.79. The number of hydrogen-bond donors (Lipinski definition) is 0. The molecule has 1 aliphatic rings. The van der Waals surface area contributed by atoms with Crippen molar-refractivity contribution in [3.8, 4) is 6.01 Å². The first-order valence-electron chi connectivity index (χ1n) is 10.6. The number of nitrogens with zero attached hydrogens (tertiary/aromatic N) is 3. The summed E-state index contributed by atoms with van der Waals surface area (Å²) in [5.74, 6) is 0. The molecule has 0 aliphatic carbocycles. The van der Waals surface area contributed by atoms with Gasteiger partial charge in [0.2, 0.25) is 0 Å². The summed E-state index contributed by atoms with van der Waals surface area (Å²) in [5.41, 5.74) is 2.41. The zero-order chi connectivity index (χ0) is 22.0. The van der Waals surface area contributed by atoms with Gasteiger partial charge in [-0.3, -0.25) is 4.57 Å². The molecule has 7 heteroatoms. The summed E-state index contributed by atoms with van der Waals surface area (Å²) < 4.78 is 13.9. The number of aromatic nitrogens is 2. The number of carbonyl (C=O) groups is 1. The van der Waals surface area contributed by atoms with E-state index in [0.717, 1.165) is 34.5 Å². The third-order valence-electron chi connectivity index (χ3n) is 5.27. The van der Waals surface area contributed by atoms with Gasteiger partial charge in [0.25, 0.3) is 6.01 Å². The van der Waals surface area contributed by atoms with E-state index < -0.39 is 5.60 Å². The van der Waals surface area contributed by atoms with Gasteiger partial charge in [0.05, 0.1) is 17.6 Å². The van der Waals surface area contributed by atoms with Crippen molar-refractivity contribution in [2.45, 2.75) is 51.9 Å². The minimum atomic E-state index is -0.492. The summed E-state index contributed by atoms with van der Waals surface area (Å²) in [6, 6.07) is 16.4. The molecule has 1 aromatic heterocycles. The van der Waals surface area contributed by atoms with Crippen molar-refractivity contribution in [1.82, 2.24) is 14.5 Å². The summed E-state index contributed by atoms with van der Waals surface area (Å²) in [4.78, 5) is 18.8. The van der Waals surface area contributed by atoms with Crippen LogP contribution in [0.15, 0.2) is 48.5 Å². The number of halogens is 1. The van der Waals surface area contributed by atoms with E-state index in [1.807, 2.05) is 69.3 Å². The molecule has 6 nitrogen and oxygen atoms in total. The van der Waals surface area contributed by atoms with Gasteiger partial charge in [0, 0.05) is 31.0 Å². The molecule has 0 N–H and O–H groups in total. The average Bonchev–Trinajstić information content (AvgIpc) is 3.06. The Hall–Kier alpha value is -2.73. The monoisotopic (exact) mass is 441 g/mol. The molecule has 0 saturated carbocycles. The lowest BCUT2D eigenvalue weighted by molar-refractivity contribution is 0.0116. The van der Waals surface area contributed by atoms with Crippen LogP contribution < -0.4 is 4.74 Å². The SMILES string of the molecule is CC(C)(C)OC(=O)N1CCC(Oc2nc3ccccc3n2Cc2ccccc2Cl)CC1. The Morgan fingerprint density at radius 1 is 1.10 bits per heavy atom. The summed E-state index contributed by atoms with van der Waals surface area (Å²) in [5, 5.41) is 0.719. The Balaban J connectivity index is 1.49. The molecule has 0 atom stereocenters. The van der Waals surface area contributed by atoms with E-state index in [1.165, 1.54) is 0 Å². The van der Waals surface area contributed by atoms with Crippen molar-refractivity contribution >= 4 is 28.7 Å². The van der Waals surface area contributed by atoms with Crippen molar-refractivity contribution in [2.24, 2.45) is 0 Å². The van der Waals surface area contributed by atoms with E-state index >= 15 is 0 Å². The first kappa shape index (κ1) is 21.5. The van der Waals surface area contributed by atoms with E-state index in [1.54, 1.807) is 4.90 Å². The van der Waals surface area contributed by atoms with Gasteiger partial charge < -0.3 is 14.4 Å². The van der Waals surface area contributed by atoms with E-state index in [9.17, 15) is 4.79 Å². The molecule has 1 amide bonds. The highest BCUT2D eigenvalue weighted by Crippen LogP contribution is 2.27. The third-order valence-corrected chi connectivity index (χ3v) is 5.64. The first-order chi connectivity index (χ1) is 14.8. The molecule has 0 radical (unpaired) electrons. The average molecular weight is 442 g/mol. The number of likely N-dealkylation sites (tertiary alicyclic amines) is 1. The summed E-state index contributed by atoms with van der Waals surface area (Å²) >= 11 is 6.40. The molecule has 0 spiro atoms. The molecule has 2 heterocycles. The number of ether oxygens (including phenoxy) is 2. The smallest absolute Gasteiger partial charge is 0.410 e. The topological polar surface area (TPSA) is 56.6 Å². The van der Waals surface area contributed by atoms with Crippen molar-refractivity contribution in [2.75, 3.05) is 13.1 Å². The maximum absolute atomic E-state index is 12.3. The van der Waals surface area contributed by atoms with Crippen molar-refractivity contribution in [3.63, 3.8) is 0 Å². The summed E-state index contributed by atoms with van der Waals surface area (Å²) in [6.07, 6.45) is 1.18. The Labute approximate surface area is 187 Å². The number of carbonyl (C=O) groups excluding carboxylic acids is 1. The second-order valence-electron chi connectivity index (χ2n) is 8.85. The number of hydrogen-bond acceptors (Lipinski definition) is 4. The minimum absolute atomic E-state index is 0.0134. The van der Waals surface area contributed by atoms with Gasteiger partial charge in [-0.1, -0.05) is 41.9 Å². The van der Waals surface area contributed by atoms with Crippen LogP contribution in [-0.4, -0.2) is 45.3 Å². The largest absolute Gasteiger partial charge is 0.461 e. The van der Waals surface area contributed by atoms with E-state index in [0.29, 0.717) is 25.6 Å². The number of amides is 1. The van der Waals surface area contributed by atoms with E-state index in [-0.39, 0.29) is 12.2 Å². The minimum Gasteiger partial charge on any atom is -0.461 e. The van der Waals surface area contributed by atoms with Crippen LogP contribution in [0.3, 0.4) is 0 Å². The van der Waals surface area contributed by atoms with Crippen molar-refractivity contribution < 1.29 is 14.3 Å². The van der Waals surface area contributed by atoms with Crippen LogP contribution in [0.5, 0.6) is 6.01 Å². The summed E-state index contributed by atoms with van der Waals surface area (Å²) in [6.45, 7) is 7.42. The van der Waals surface area contributed by atoms with Gasteiger partial charge in [-0.25, -0.2) is 4.79 Å². The first-order valence-corrected chi connectivity index (χ1v) is 11.0. The Kier molecular flexibility index (Phi) is 6.10. The molecule has 1 saturated heterocycles. The molecule has 0 bridgehead atoms. The Morgan fingerprint density at radius 2 is 1.77 bits per heavy atom. The number of piperidine rings is 1. The van der Waals surface area contributed by atoms with Crippen LogP contribution >= 0.6 is 11.6 Å². The lowest BCUT2D eigenvalue weighted by Crippen LogP contribution is -2.44. The predicted molar refractivity (Wildman–Crippen MR) is 122 cm³/mol. The summed E-state index contributed by atoms with van der Waals surface area (Å²) in [7, 11) is 0. The van der Waals surface area contributed by atoms with Gasteiger partial charge in [0.1, 0.15) is 11.7 Å². The standard InChI is InChI=1S/C24H28ClN3O3/c1-24(2,3)31-23(29)27-14-12-18(13-15-27)30-22-26-20-10-6-7-11-21(20)28(22)16-17-8-4-5-9-19(17)25/h4-11,18H,12-16H2,1-3H3. The molecular formula is C24H28ClN3O3. The predicted octanol–water partition coefficient (Wildman–Crippen LogP) is 5.52. The van der Waals surface area contributed by atoms with Crippen LogP contribution in [0.4, 0.5) is 4.79 Å². The fourth-order valence-electron chi connectivity index (χ4n) is 3.72. The lowest BCUT2D eigenvalue weighted by atomic mass is 10.1. The number of fused-ring (bicyclic) bond motifs is 1. The molecule has 3 aromatic rings. The van der Waals surface area contributed by atoms with Gasteiger partial charge >= 0.3 is 6.09 Å². The highest BCUT2D eigenvalue weighted by molar-refractivity contribution is 6.31. The fourth-order valence-corrected chi connectivity index (χ4v) is 3.92. The second-order valence-corrected chi connectivity index (χ2v) is 9.25. The molecule has 31 heavy (non-hydrogen) atoms. The zero-order valence-corrected chi connectivity index (χ0v) is 18.9. The molecule has 1 aliphatic heterocycles. The van der Waals surface area contributed by atoms with Crippen LogP contribution in [0.1, 0.15) is 39.2 Å². The van der Waals surface area contributed by atoms with Gasteiger partial charge in [-0.2, -0.15) is 4.98 Å². The van der Waals surface area contributed by atoms with Crippen LogP contribution in [0.2, 0.25) is 5.02 Å². The molecule has 1 fully saturated rings.